The third-order valence-electron chi connectivity index (χ3n) is 8.11. The van der Waals surface area contributed by atoms with Gasteiger partial charge in [0, 0.05) is 32.2 Å². The van der Waals surface area contributed by atoms with Gasteiger partial charge in [0.25, 0.3) is 0 Å². The Hall–Kier alpha value is -2.53. The SMILES string of the molecule is O=C(OC[C@H]1CCC[C@@H](c2cccc(F)c2)N1S(=O)(=O)c1ccccc1)N1CCC(NN2CCCCC2)CC1. The molecule has 3 aliphatic rings. The Balaban J connectivity index is 1.25. The molecule has 0 saturated carbocycles. The Labute approximate surface area is 231 Å². The molecule has 3 saturated heterocycles. The monoisotopic (exact) mass is 558 g/mol. The third kappa shape index (κ3) is 6.80. The van der Waals surface area contributed by atoms with Gasteiger partial charge >= 0.3 is 6.09 Å². The van der Waals surface area contributed by atoms with Gasteiger partial charge in [0.15, 0.2) is 0 Å². The molecule has 0 spiro atoms. The van der Waals surface area contributed by atoms with Gasteiger partial charge in [-0.15, -0.1) is 0 Å². The number of likely N-dealkylation sites (tertiary alicyclic amines) is 1. The van der Waals surface area contributed by atoms with E-state index in [9.17, 15) is 17.6 Å². The number of benzene rings is 2. The van der Waals surface area contributed by atoms with Crippen molar-refractivity contribution in [2.24, 2.45) is 0 Å². The van der Waals surface area contributed by atoms with Crippen LogP contribution in [0.5, 0.6) is 0 Å². The summed E-state index contributed by atoms with van der Waals surface area (Å²) in [5.41, 5.74) is 4.22. The van der Waals surface area contributed by atoms with Gasteiger partial charge in [-0.1, -0.05) is 36.8 Å². The van der Waals surface area contributed by atoms with Crippen LogP contribution in [0.1, 0.15) is 63.0 Å². The zero-order valence-corrected chi connectivity index (χ0v) is 23.2. The number of hydrazine groups is 1. The van der Waals surface area contributed by atoms with Gasteiger partial charge in [-0.2, -0.15) is 4.31 Å². The molecule has 5 rings (SSSR count). The molecule has 212 valence electrons. The van der Waals surface area contributed by atoms with Crippen LogP contribution in [0.15, 0.2) is 59.5 Å². The average Bonchev–Trinajstić information content (AvgIpc) is 2.97. The first-order chi connectivity index (χ1) is 18.9. The molecule has 10 heteroatoms. The number of hydrogen-bond acceptors (Lipinski definition) is 6. The molecular weight excluding hydrogens is 519 g/mol. The molecule has 0 aromatic heterocycles. The fourth-order valence-corrected chi connectivity index (χ4v) is 7.91. The summed E-state index contributed by atoms with van der Waals surface area (Å²) in [4.78, 5) is 14.9. The minimum Gasteiger partial charge on any atom is -0.448 e. The molecule has 2 aromatic carbocycles. The number of nitrogens with zero attached hydrogens (tertiary/aromatic N) is 3. The van der Waals surface area contributed by atoms with Crippen LogP contribution >= 0.6 is 0 Å². The maximum absolute atomic E-state index is 14.1. The van der Waals surface area contributed by atoms with Crippen LogP contribution in [0.4, 0.5) is 9.18 Å². The average molecular weight is 559 g/mol. The van der Waals surface area contributed by atoms with E-state index in [4.69, 9.17) is 4.74 Å². The van der Waals surface area contributed by atoms with Crippen molar-refractivity contribution in [1.29, 1.82) is 0 Å². The molecule has 3 aliphatic heterocycles. The third-order valence-corrected chi connectivity index (χ3v) is 10.1. The summed E-state index contributed by atoms with van der Waals surface area (Å²) in [6.07, 6.45) is 6.90. The van der Waals surface area contributed by atoms with E-state index in [-0.39, 0.29) is 11.5 Å². The topological polar surface area (TPSA) is 82.2 Å². The second-order valence-corrected chi connectivity index (χ2v) is 12.7. The lowest BCUT2D eigenvalue weighted by Gasteiger charge is -2.41. The highest BCUT2D eigenvalue weighted by molar-refractivity contribution is 7.89. The molecular formula is C29H39FN4O4S. The summed E-state index contributed by atoms with van der Waals surface area (Å²) >= 11 is 0. The van der Waals surface area contributed by atoms with Gasteiger partial charge in [-0.25, -0.2) is 22.6 Å². The maximum atomic E-state index is 14.1. The van der Waals surface area contributed by atoms with Gasteiger partial charge in [0.05, 0.1) is 17.0 Å². The molecule has 2 atom stereocenters. The van der Waals surface area contributed by atoms with Crippen LogP contribution in [0.25, 0.3) is 0 Å². The van der Waals surface area contributed by atoms with E-state index in [1.54, 1.807) is 47.4 Å². The lowest BCUT2D eigenvalue weighted by Crippen LogP contribution is -2.52. The normalized spacial score (nSPS) is 24.0. The van der Waals surface area contributed by atoms with Gasteiger partial charge in [-0.3, -0.25) is 5.43 Å². The number of carbonyl (C=O) groups is 1. The van der Waals surface area contributed by atoms with E-state index in [1.807, 2.05) is 0 Å². The molecule has 39 heavy (non-hydrogen) atoms. The number of amides is 1. The summed E-state index contributed by atoms with van der Waals surface area (Å²) in [6.45, 7) is 3.31. The fourth-order valence-electron chi connectivity index (χ4n) is 6.05. The molecule has 3 heterocycles. The highest BCUT2D eigenvalue weighted by Gasteiger charge is 2.41. The Morgan fingerprint density at radius 2 is 1.64 bits per heavy atom. The first-order valence-corrected chi connectivity index (χ1v) is 15.6. The zero-order valence-electron chi connectivity index (χ0n) is 22.4. The molecule has 3 fully saturated rings. The predicted octanol–water partition coefficient (Wildman–Crippen LogP) is 4.70. The second-order valence-electron chi connectivity index (χ2n) is 10.8. The van der Waals surface area contributed by atoms with Gasteiger partial charge < -0.3 is 9.64 Å². The molecule has 8 nitrogen and oxygen atoms in total. The summed E-state index contributed by atoms with van der Waals surface area (Å²) in [5, 5.41) is 2.31. The standard InChI is InChI=1S/C29H39FN4O4S/c30-24-10-7-9-23(21-24)28-14-8-11-26(34(28)39(36,37)27-12-3-1-4-13-27)22-38-29(35)32-19-15-25(16-20-32)31-33-17-5-2-6-18-33/h1,3-4,7,9-10,12-13,21,25-26,28,31H,2,5-6,8,11,14-20,22H2/t26-,28+/m1/s1. The fraction of sp³-hybridized carbons (Fsp3) is 0.552. The minimum absolute atomic E-state index is 0.0390. The van der Waals surface area contributed by atoms with Crippen molar-refractivity contribution in [3.05, 3.63) is 66.0 Å². The van der Waals surface area contributed by atoms with E-state index < -0.39 is 34.0 Å². The molecule has 1 amide bonds. The van der Waals surface area contributed by atoms with Crippen LogP contribution in [0.2, 0.25) is 0 Å². The number of hydrogen-bond donors (Lipinski definition) is 1. The first-order valence-electron chi connectivity index (χ1n) is 14.2. The predicted molar refractivity (Wildman–Crippen MR) is 147 cm³/mol. The van der Waals surface area contributed by atoms with E-state index >= 15 is 0 Å². The van der Waals surface area contributed by atoms with Crippen molar-refractivity contribution in [3.63, 3.8) is 0 Å². The Morgan fingerprint density at radius 3 is 2.36 bits per heavy atom. The number of halogens is 1. The number of ether oxygens (including phenoxy) is 1. The molecule has 2 aromatic rings. The van der Waals surface area contributed by atoms with Gasteiger partial charge in [0.1, 0.15) is 12.4 Å². The summed E-state index contributed by atoms with van der Waals surface area (Å²) in [5.74, 6) is -0.406. The number of carbonyl (C=O) groups excluding carboxylic acids is 1. The van der Waals surface area contributed by atoms with Crippen LogP contribution in [-0.2, 0) is 14.8 Å². The molecule has 0 aliphatic carbocycles. The Bertz CT molecular complexity index is 1200. The highest BCUT2D eigenvalue weighted by Crippen LogP contribution is 2.39. The summed E-state index contributed by atoms with van der Waals surface area (Å²) in [7, 11) is -3.92. The van der Waals surface area contributed by atoms with E-state index in [1.165, 1.54) is 35.7 Å². The quantitative estimate of drug-likeness (QED) is 0.531. The van der Waals surface area contributed by atoms with Gasteiger partial charge in [0.2, 0.25) is 10.0 Å². The maximum Gasteiger partial charge on any atom is 0.409 e. The molecule has 0 radical (unpaired) electrons. The van der Waals surface area contributed by atoms with Crippen molar-refractivity contribution >= 4 is 16.1 Å². The van der Waals surface area contributed by atoms with Crippen LogP contribution in [0, 0.1) is 5.82 Å². The summed E-state index contributed by atoms with van der Waals surface area (Å²) in [6, 6.07) is 13.7. The number of rotatable bonds is 7. The molecule has 1 N–H and O–H groups in total. The van der Waals surface area contributed by atoms with Gasteiger partial charge in [-0.05, 0) is 74.8 Å². The van der Waals surface area contributed by atoms with Crippen molar-refractivity contribution in [2.45, 2.75) is 74.4 Å². The molecule has 0 bridgehead atoms. The Kier molecular flexibility index (Phi) is 9.17. The van der Waals surface area contributed by atoms with Crippen molar-refractivity contribution in [2.75, 3.05) is 32.8 Å². The number of sulfonamides is 1. The largest absolute Gasteiger partial charge is 0.448 e. The van der Waals surface area contributed by atoms with Crippen LogP contribution in [-0.4, -0.2) is 73.6 Å². The number of nitrogens with one attached hydrogen (secondary N) is 1. The van der Waals surface area contributed by atoms with Crippen LogP contribution in [0.3, 0.4) is 0 Å². The lowest BCUT2D eigenvalue weighted by atomic mass is 9.93. The molecule has 0 unspecified atom stereocenters. The smallest absolute Gasteiger partial charge is 0.409 e. The van der Waals surface area contributed by atoms with E-state index in [0.29, 0.717) is 37.5 Å². The lowest BCUT2D eigenvalue weighted by molar-refractivity contribution is 0.0488. The van der Waals surface area contributed by atoms with Crippen molar-refractivity contribution in [1.82, 2.24) is 19.6 Å². The first kappa shape index (κ1) is 28.0. The van der Waals surface area contributed by atoms with E-state index in [0.717, 1.165) is 32.4 Å². The summed E-state index contributed by atoms with van der Waals surface area (Å²) < 4.78 is 49.1. The highest BCUT2D eigenvalue weighted by atomic mass is 32.2. The van der Waals surface area contributed by atoms with Crippen molar-refractivity contribution in [3.8, 4) is 0 Å². The van der Waals surface area contributed by atoms with Crippen LogP contribution < -0.4 is 5.43 Å². The minimum atomic E-state index is -3.92. The van der Waals surface area contributed by atoms with E-state index in [2.05, 4.69) is 10.4 Å². The zero-order chi connectivity index (χ0) is 27.2. The van der Waals surface area contributed by atoms with Crippen molar-refractivity contribution < 1.29 is 22.3 Å². The number of piperidine rings is 3. The second kappa shape index (κ2) is 12.8. The Morgan fingerprint density at radius 1 is 0.897 bits per heavy atom.